The highest BCUT2D eigenvalue weighted by molar-refractivity contribution is 6.06. The molecule has 4 unspecified atom stereocenters. The first-order valence-corrected chi connectivity index (χ1v) is 7.28. The zero-order valence-corrected chi connectivity index (χ0v) is 11.8. The normalized spacial score (nSPS) is 36.7. The Labute approximate surface area is 122 Å². The number of methoxy groups -OCH3 is 1. The molecule has 1 aromatic rings. The van der Waals surface area contributed by atoms with Crippen LogP contribution in [0.4, 0.5) is 0 Å². The van der Waals surface area contributed by atoms with Crippen LogP contribution in [0.5, 0.6) is 5.75 Å². The van der Waals surface area contributed by atoms with Gasteiger partial charge in [-0.25, -0.2) is 0 Å². The molecule has 5 nitrogen and oxygen atoms in total. The number of carbonyl (C=O) groups is 2. The lowest BCUT2D eigenvalue weighted by molar-refractivity contribution is -0.131. The van der Waals surface area contributed by atoms with E-state index in [4.69, 9.17) is 9.47 Å². The van der Waals surface area contributed by atoms with Crippen LogP contribution in [0, 0.1) is 11.8 Å². The second-order valence-electron chi connectivity index (χ2n) is 6.14. The predicted octanol–water partition coefficient (Wildman–Crippen LogP) is 1.06. The second kappa shape index (κ2) is 4.31. The fourth-order valence-corrected chi connectivity index (χ4v) is 4.16. The number of hydrogen-bond acceptors (Lipinski definition) is 4. The van der Waals surface area contributed by atoms with Gasteiger partial charge in [-0.2, -0.15) is 0 Å². The second-order valence-corrected chi connectivity index (χ2v) is 6.14. The van der Waals surface area contributed by atoms with E-state index in [0.29, 0.717) is 6.42 Å². The van der Waals surface area contributed by atoms with Gasteiger partial charge in [-0.1, -0.05) is 12.1 Å². The zero-order valence-electron chi connectivity index (χ0n) is 11.8. The Morgan fingerprint density at radius 2 is 2.05 bits per heavy atom. The van der Waals surface area contributed by atoms with E-state index in [0.717, 1.165) is 24.2 Å². The Kier molecular flexibility index (Phi) is 2.63. The smallest absolute Gasteiger partial charge is 0.233 e. The lowest BCUT2D eigenvalue weighted by Gasteiger charge is -2.30. The molecule has 110 valence electrons. The first kappa shape index (κ1) is 12.8. The molecule has 5 heteroatoms. The molecule has 3 aliphatic heterocycles. The number of ether oxygens (including phenoxy) is 2. The fourth-order valence-electron chi connectivity index (χ4n) is 4.16. The molecule has 3 fully saturated rings. The summed E-state index contributed by atoms with van der Waals surface area (Å²) in [5, 5.41) is 2.47. The summed E-state index contributed by atoms with van der Waals surface area (Å²) in [4.78, 5) is 24.0. The van der Waals surface area contributed by atoms with Gasteiger partial charge in [0.1, 0.15) is 5.75 Å². The number of benzene rings is 1. The number of carbonyl (C=O) groups excluding carboxylic acids is 2. The van der Waals surface area contributed by atoms with E-state index in [1.807, 2.05) is 24.3 Å². The van der Waals surface area contributed by atoms with Crippen molar-refractivity contribution in [3.63, 3.8) is 0 Å². The molecule has 3 aliphatic rings. The molecule has 21 heavy (non-hydrogen) atoms. The number of rotatable bonds is 3. The van der Waals surface area contributed by atoms with Crippen LogP contribution < -0.4 is 10.1 Å². The lowest BCUT2D eigenvalue weighted by Crippen LogP contribution is -2.42. The summed E-state index contributed by atoms with van der Waals surface area (Å²) in [6.07, 6.45) is 2.26. The van der Waals surface area contributed by atoms with Crippen LogP contribution in [0.1, 0.15) is 18.4 Å². The third-order valence-corrected chi connectivity index (χ3v) is 5.06. The highest BCUT2D eigenvalue weighted by Crippen LogP contribution is 2.54. The van der Waals surface area contributed by atoms with E-state index in [2.05, 4.69) is 5.32 Å². The molecule has 4 atom stereocenters. The summed E-state index contributed by atoms with van der Waals surface area (Å²) in [6, 6.07) is 7.80. The Balaban J connectivity index is 1.64. The van der Waals surface area contributed by atoms with Crippen LogP contribution in [0.3, 0.4) is 0 Å². The quantitative estimate of drug-likeness (QED) is 0.844. The van der Waals surface area contributed by atoms with Gasteiger partial charge in [0.25, 0.3) is 0 Å². The van der Waals surface area contributed by atoms with Gasteiger partial charge in [-0.15, -0.1) is 0 Å². The molecule has 0 aliphatic carbocycles. The summed E-state index contributed by atoms with van der Waals surface area (Å²) in [6.45, 7) is 0. The first-order valence-electron chi connectivity index (χ1n) is 7.28. The van der Waals surface area contributed by atoms with E-state index in [1.165, 1.54) is 0 Å². The van der Waals surface area contributed by atoms with Gasteiger partial charge < -0.3 is 9.47 Å². The molecular weight excluding hydrogens is 270 g/mol. The minimum Gasteiger partial charge on any atom is -0.497 e. The van der Waals surface area contributed by atoms with Gasteiger partial charge in [0.15, 0.2) is 0 Å². The van der Waals surface area contributed by atoms with Crippen molar-refractivity contribution in [1.82, 2.24) is 5.32 Å². The van der Waals surface area contributed by atoms with Crippen LogP contribution in [-0.2, 0) is 20.7 Å². The van der Waals surface area contributed by atoms with Crippen molar-refractivity contribution in [2.24, 2.45) is 11.8 Å². The van der Waals surface area contributed by atoms with Crippen molar-refractivity contribution >= 4 is 11.8 Å². The average molecular weight is 287 g/mol. The topological polar surface area (TPSA) is 64.6 Å². The minimum atomic E-state index is -0.514. The van der Waals surface area contributed by atoms with Crippen LogP contribution in [0.25, 0.3) is 0 Å². The third-order valence-electron chi connectivity index (χ3n) is 5.06. The molecule has 2 amide bonds. The number of nitrogens with one attached hydrogen (secondary N) is 1. The van der Waals surface area contributed by atoms with Crippen LogP contribution in [0.2, 0.25) is 0 Å². The van der Waals surface area contributed by atoms with Gasteiger partial charge in [-0.05, 0) is 30.5 Å². The Morgan fingerprint density at radius 3 is 2.76 bits per heavy atom. The molecule has 2 bridgehead atoms. The van der Waals surface area contributed by atoms with E-state index in [-0.39, 0.29) is 29.8 Å². The molecule has 1 aromatic carbocycles. The van der Waals surface area contributed by atoms with Crippen molar-refractivity contribution in [3.05, 3.63) is 29.8 Å². The van der Waals surface area contributed by atoms with Crippen LogP contribution in [0.15, 0.2) is 24.3 Å². The minimum absolute atomic E-state index is 0.0975. The van der Waals surface area contributed by atoms with Gasteiger partial charge in [0, 0.05) is 6.42 Å². The Bertz CT molecular complexity index is 611. The monoisotopic (exact) mass is 287 g/mol. The average Bonchev–Trinajstić information content (AvgIpc) is 3.11. The van der Waals surface area contributed by atoms with Crippen LogP contribution in [-0.4, -0.2) is 30.6 Å². The lowest BCUT2D eigenvalue weighted by atomic mass is 9.70. The Hall–Kier alpha value is -1.88. The van der Waals surface area contributed by atoms with E-state index in [9.17, 15) is 9.59 Å². The number of amides is 2. The van der Waals surface area contributed by atoms with Crippen LogP contribution >= 0.6 is 0 Å². The summed E-state index contributed by atoms with van der Waals surface area (Å²) in [5.74, 6) is -0.137. The summed E-state index contributed by atoms with van der Waals surface area (Å²) in [7, 11) is 1.63. The molecule has 0 radical (unpaired) electrons. The predicted molar refractivity (Wildman–Crippen MR) is 73.7 cm³/mol. The molecule has 3 saturated heterocycles. The van der Waals surface area contributed by atoms with Crippen molar-refractivity contribution in [2.45, 2.75) is 31.0 Å². The molecule has 0 saturated carbocycles. The van der Waals surface area contributed by atoms with Crippen molar-refractivity contribution in [3.8, 4) is 5.75 Å². The summed E-state index contributed by atoms with van der Waals surface area (Å²) in [5.41, 5.74) is 0.587. The largest absolute Gasteiger partial charge is 0.497 e. The molecule has 0 spiro atoms. The highest BCUT2D eigenvalue weighted by atomic mass is 16.5. The highest BCUT2D eigenvalue weighted by Gasteiger charge is 2.67. The molecular formula is C16H17NO4. The maximum Gasteiger partial charge on any atom is 0.233 e. The number of imide groups is 1. The van der Waals surface area contributed by atoms with Crippen molar-refractivity contribution in [2.75, 3.05) is 7.11 Å². The van der Waals surface area contributed by atoms with Gasteiger partial charge >= 0.3 is 0 Å². The molecule has 3 heterocycles. The van der Waals surface area contributed by atoms with Crippen molar-refractivity contribution < 1.29 is 19.1 Å². The SMILES string of the molecule is COc1ccc(CC23CCC(O2)C2C(=O)NC(=O)C23)cc1. The fraction of sp³-hybridized carbons (Fsp3) is 0.500. The molecule has 4 rings (SSSR count). The zero-order chi connectivity index (χ0) is 14.6. The third kappa shape index (κ3) is 1.73. The van der Waals surface area contributed by atoms with Gasteiger partial charge in [-0.3, -0.25) is 14.9 Å². The van der Waals surface area contributed by atoms with Crippen molar-refractivity contribution in [1.29, 1.82) is 0 Å². The van der Waals surface area contributed by atoms with E-state index in [1.54, 1.807) is 7.11 Å². The molecule has 0 aromatic heterocycles. The summed E-state index contributed by atoms with van der Waals surface area (Å²) >= 11 is 0. The standard InChI is InChI=1S/C16H17NO4/c1-20-10-4-2-9(3-5-10)8-16-7-6-11(21-16)12-13(16)15(19)17-14(12)18/h2-5,11-13H,6-8H2,1H3,(H,17,18,19). The van der Waals surface area contributed by atoms with E-state index >= 15 is 0 Å². The number of fused-ring (bicyclic) bond motifs is 5. The van der Waals surface area contributed by atoms with E-state index < -0.39 is 5.60 Å². The number of hydrogen-bond donors (Lipinski definition) is 1. The summed E-state index contributed by atoms with van der Waals surface area (Å²) < 4.78 is 11.3. The van der Waals surface area contributed by atoms with Gasteiger partial charge in [0.05, 0.1) is 30.7 Å². The Morgan fingerprint density at radius 1 is 1.29 bits per heavy atom. The van der Waals surface area contributed by atoms with Gasteiger partial charge in [0.2, 0.25) is 11.8 Å². The first-order chi connectivity index (χ1) is 10.1. The maximum atomic E-state index is 12.1. The maximum absolute atomic E-state index is 12.1. The molecule has 1 N–H and O–H groups in total.